The van der Waals surface area contributed by atoms with Crippen molar-refractivity contribution < 1.29 is 9.90 Å². The lowest BCUT2D eigenvalue weighted by Crippen LogP contribution is -2.37. The second-order valence-electron chi connectivity index (χ2n) is 5.15. The minimum atomic E-state index is -0.570. The number of rotatable bonds is 6. The minimum absolute atomic E-state index is 0.0261. The predicted octanol–water partition coefficient (Wildman–Crippen LogP) is 0.452. The molecule has 0 aliphatic rings. The molecule has 6 heteroatoms. The van der Waals surface area contributed by atoms with Gasteiger partial charge in [0.1, 0.15) is 5.82 Å². The first-order chi connectivity index (χ1) is 9.35. The van der Waals surface area contributed by atoms with Crippen molar-refractivity contribution in [3.05, 3.63) is 27.4 Å². The molecule has 1 aromatic rings. The van der Waals surface area contributed by atoms with Gasteiger partial charge >= 0.3 is 0 Å². The van der Waals surface area contributed by atoms with E-state index in [0.717, 1.165) is 6.42 Å². The molecule has 6 nitrogen and oxygen atoms in total. The molecule has 0 bridgehead atoms. The number of aryl methyl sites for hydroxylation is 2. The number of hydrogen-bond acceptors (Lipinski definition) is 4. The summed E-state index contributed by atoms with van der Waals surface area (Å²) < 4.78 is 0. The van der Waals surface area contributed by atoms with E-state index in [1.165, 1.54) is 0 Å². The zero-order chi connectivity index (χ0) is 15.3. The molecule has 0 radical (unpaired) electrons. The van der Waals surface area contributed by atoms with Gasteiger partial charge in [0, 0.05) is 17.8 Å². The lowest BCUT2D eigenvalue weighted by atomic mass is 10.0. The SMILES string of the molecule is CCC(C)C(O)CNC(=O)Cc1c(C)nc(C)[nH]c1=O. The molecule has 2 atom stereocenters. The lowest BCUT2D eigenvalue weighted by Gasteiger charge is -2.17. The summed E-state index contributed by atoms with van der Waals surface area (Å²) in [6.07, 6.45) is 0.249. The molecule has 0 fully saturated rings. The Kier molecular flexibility index (Phi) is 5.88. The number of nitrogens with one attached hydrogen (secondary N) is 2. The van der Waals surface area contributed by atoms with Gasteiger partial charge in [0.25, 0.3) is 5.56 Å². The van der Waals surface area contributed by atoms with Gasteiger partial charge in [-0.25, -0.2) is 4.98 Å². The summed E-state index contributed by atoms with van der Waals surface area (Å²) in [5.74, 6) is 0.372. The van der Waals surface area contributed by atoms with Gasteiger partial charge in [0.05, 0.1) is 12.5 Å². The first-order valence-electron chi connectivity index (χ1n) is 6.86. The van der Waals surface area contributed by atoms with Crippen LogP contribution in [-0.2, 0) is 11.2 Å². The summed E-state index contributed by atoms with van der Waals surface area (Å²) in [5, 5.41) is 12.4. The Morgan fingerprint density at radius 3 is 2.65 bits per heavy atom. The van der Waals surface area contributed by atoms with Crippen LogP contribution in [0.15, 0.2) is 4.79 Å². The first-order valence-corrected chi connectivity index (χ1v) is 6.86. The summed E-state index contributed by atoms with van der Waals surface area (Å²) in [6, 6.07) is 0. The summed E-state index contributed by atoms with van der Waals surface area (Å²) in [4.78, 5) is 30.3. The standard InChI is InChI=1S/C14H23N3O3/c1-5-8(2)12(18)7-15-13(19)6-11-9(3)16-10(4)17-14(11)20/h8,12,18H,5-7H2,1-4H3,(H,15,19)(H,16,17,20). The summed E-state index contributed by atoms with van der Waals surface area (Å²) in [5.41, 5.74) is 0.641. The summed E-state index contributed by atoms with van der Waals surface area (Å²) >= 11 is 0. The third-order valence-corrected chi connectivity index (χ3v) is 3.49. The van der Waals surface area contributed by atoms with E-state index in [4.69, 9.17) is 0 Å². The van der Waals surface area contributed by atoms with Crippen LogP contribution in [0.25, 0.3) is 0 Å². The fourth-order valence-electron chi connectivity index (χ4n) is 1.87. The quantitative estimate of drug-likeness (QED) is 0.705. The normalized spacial score (nSPS) is 13.8. The Bertz CT molecular complexity index is 525. The van der Waals surface area contributed by atoms with Gasteiger partial charge in [-0.1, -0.05) is 20.3 Å². The van der Waals surface area contributed by atoms with Crippen molar-refractivity contribution >= 4 is 5.91 Å². The zero-order valence-corrected chi connectivity index (χ0v) is 12.5. The molecule has 112 valence electrons. The highest BCUT2D eigenvalue weighted by Gasteiger charge is 2.15. The minimum Gasteiger partial charge on any atom is -0.391 e. The van der Waals surface area contributed by atoms with Crippen LogP contribution in [-0.4, -0.2) is 33.6 Å². The van der Waals surface area contributed by atoms with Crippen LogP contribution in [0.1, 0.15) is 37.4 Å². The second-order valence-corrected chi connectivity index (χ2v) is 5.15. The van der Waals surface area contributed by atoms with Crippen LogP contribution in [0, 0.1) is 19.8 Å². The number of hydrogen-bond donors (Lipinski definition) is 3. The van der Waals surface area contributed by atoms with Crippen molar-refractivity contribution in [2.24, 2.45) is 5.92 Å². The number of aliphatic hydroxyl groups is 1. The van der Waals surface area contributed by atoms with Gasteiger partial charge < -0.3 is 15.4 Å². The van der Waals surface area contributed by atoms with E-state index in [0.29, 0.717) is 17.1 Å². The largest absolute Gasteiger partial charge is 0.391 e. The molecule has 1 amide bonds. The van der Waals surface area contributed by atoms with Crippen LogP contribution >= 0.6 is 0 Å². The highest BCUT2D eigenvalue weighted by atomic mass is 16.3. The topological polar surface area (TPSA) is 95.1 Å². The third-order valence-electron chi connectivity index (χ3n) is 3.49. The van der Waals surface area contributed by atoms with Crippen molar-refractivity contribution in [2.75, 3.05) is 6.54 Å². The van der Waals surface area contributed by atoms with Crippen molar-refractivity contribution in [3.63, 3.8) is 0 Å². The fraction of sp³-hybridized carbons (Fsp3) is 0.643. The van der Waals surface area contributed by atoms with E-state index in [1.807, 2.05) is 13.8 Å². The molecule has 0 aromatic carbocycles. The van der Waals surface area contributed by atoms with Crippen LogP contribution in [0.4, 0.5) is 0 Å². The summed E-state index contributed by atoms with van der Waals surface area (Å²) in [7, 11) is 0. The third kappa shape index (κ3) is 4.45. The Morgan fingerprint density at radius 2 is 2.10 bits per heavy atom. The number of H-pyrrole nitrogens is 1. The highest BCUT2D eigenvalue weighted by molar-refractivity contribution is 5.78. The number of aromatic amines is 1. The molecule has 2 unspecified atom stereocenters. The Labute approximate surface area is 118 Å². The number of amides is 1. The number of aromatic nitrogens is 2. The van der Waals surface area contributed by atoms with E-state index in [1.54, 1.807) is 13.8 Å². The van der Waals surface area contributed by atoms with Gasteiger partial charge in [-0.15, -0.1) is 0 Å². The van der Waals surface area contributed by atoms with E-state index < -0.39 is 6.10 Å². The Balaban J connectivity index is 2.62. The number of nitrogens with zero attached hydrogens (tertiary/aromatic N) is 1. The van der Waals surface area contributed by atoms with Gasteiger partial charge in [-0.05, 0) is 19.8 Å². The molecule has 3 N–H and O–H groups in total. The first kappa shape index (κ1) is 16.4. The molecule has 0 saturated carbocycles. The van der Waals surface area contributed by atoms with Crippen molar-refractivity contribution in [1.82, 2.24) is 15.3 Å². The van der Waals surface area contributed by atoms with Gasteiger partial charge in [-0.2, -0.15) is 0 Å². The smallest absolute Gasteiger partial charge is 0.254 e. The fourth-order valence-corrected chi connectivity index (χ4v) is 1.87. The van der Waals surface area contributed by atoms with Gasteiger partial charge in [-0.3, -0.25) is 9.59 Å². The molecule has 20 heavy (non-hydrogen) atoms. The number of carbonyl (C=O) groups excluding carboxylic acids is 1. The predicted molar refractivity (Wildman–Crippen MR) is 76.5 cm³/mol. The maximum atomic E-state index is 11.8. The molecule has 0 spiro atoms. The lowest BCUT2D eigenvalue weighted by molar-refractivity contribution is -0.121. The second kappa shape index (κ2) is 7.19. The molecule has 0 aliphatic carbocycles. The summed E-state index contributed by atoms with van der Waals surface area (Å²) in [6.45, 7) is 7.51. The van der Waals surface area contributed by atoms with Crippen molar-refractivity contribution in [3.8, 4) is 0 Å². The van der Waals surface area contributed by atoms with E-state index in [2.05, 4.69) is 15.3 Å². The maximum Gasteiger partial charge on any atom is 0.254 e. The Hall–Kier alpha value is -1.69. The van der Waals surface area contributed by atoms with E-state index in [9.17, 15) is 14.7 Å². The van der Waals surface area contributed by atoms with E-state index in [-0.39, 0.29) is 30.3 Å². The highest BCUT2D eigenvalue weighted by Crippen LogP contribution is 2.06. The van der Waals surface area contributed by atoms with E-state index >= 15 is 0 Å². The molecular formula is C14H23N3O3. The van der Waals surface area contributed by atoms with Crippen LogP contribution < -0.4 is 10.9 Å². The van der Waals surface area contributed by atoms with Crippen molar-refractivity contribution in [1.29, 1.82) is 0 Å². The maximum absolute atomic E-state index is 11.8. The molecular weight excluding hydrogens is 258 g/mol. The van der Waals surface area contributed by atoms with Crippen molar-refractivity contribution in [2.45, 2.75) is 46.6 Å². The average molecular weight is 281 g/mol. The molecule has 1 rings (SSSR count). The molecule has 1 aromatic heterocycles. The van der Waals surface area contributed by atoms with Gasteiger partial charge in [0.15, 0.2) is 0 Å². The van der Waals surface area contributed by atoms with Crippen LogP contribution in [0.3, 0.4) is 0 Å². The monoisotopic (exact) mass is 281 g/mol. The zero-order valence-electron chi connectivity index (χ0n) is 12.5. The molecule has 1 heterocycles. The average Bonchev–Trinajstić information content (AvgIpc) is 2.39. The number of aliphatic hydroxyl groups excluding tert-OH is 1. The Morgan fingerprint density at radius 1 is 1.45 bits per heavy atom. The number of carbonyl (C=O) groups is 1. The molecule has 0 aliphatic heterocycles. The van der Waals surface area contributed by atoms with Crippen LogP contribution in [0.2, 0.25) is 0 Å². The van der Waals surface area contributed by atoms with Gasteiger partial charge in [0.2, 0.25) is 5.91 Å². The molecule has 0 saturated heterocycles. The van der Waals surface area contributed by atoms with Crippen LogP contribution in [0.5, 0.6) is 0 Å².